The summed E-state index contributed by atoms with van der Waals surface area (Å²) in [4.78, 5) is 33.3. The van der Waals surface area contributed by atoms with Gasteiger partial charge in [0.15, 0.2) is 5.13 Å². The highest BCUT2D eigenvalue weighted by Crippen LogP contribution is 2.34. The van der Waals surface area contributed by atoms with Crippen molar-refractivity contribution in [1.82, 2.24) is 19.9 Å². The Labute approximate surface area is 204 Å². The van der Waals surface area contributed by atoms with E-state index >= 15 is 0 Å². The van der Waals surface area contributed by atoms with Crippen molar-refractivity contribution in [3.05, 3.63) is 46.2 Å². The van der Waals surface area contributed by atoms with Gasteiger partial charge in [-0.1, -0.05) is 25.2 Å². The Morgan fingerprint density at radius 1 is 1.24 bits per heavy atom. The molecular weight excluding hydrogens is 450 g/mol. The first kappa shape index (κ1) is 23.9. The number of rotatable bonds is 9. The van der Waals surface area contributed by atoms with E-state index in [0.29, 0.717) is 34.2 Å². The van der Waals surface area contributed by atoms with Gasteiger partial charge in [0.2, 0.25) is 5.95 Å². The summed E-state index contributed by atoms with van der Waals surface area (Å²) in [6.45, 7) is 10.7. The number of nitrogens with zero attached hydrogens (tertiary/aromatic N) is 5. The summed E-state index contributed by atoms with van der Waals surface area (Å²) in [5.41, 5.74) is 2.94. The Morgan fingerprint density at radius 3 is 2.76 bits per heavy atom. The van der Waals surface area contributed by atoms with Gasteiger partial charge in [0.1, 0.15) is 16.5 Å². The van der Waals surface area contributed by atoms with Crippen LogP contribution in [0.3, 0.4) is 0 Å². The summed E-state index contributed by atoms with van der Waals surface area (Å²) in [6, 6.07) is 4.06. The van der Waals surface area contributed by atoms with Crippen molar-refractivity contribution in [3.63, 3.8) is 0 Å². The molecule has 1 aliphatic rings. The standard InChI is InChI=1S/C24H31N7O2S/c1-5-33-22(32)19-16(4)27-24(34-19)30-23-28-20(26-13-15(2)3)18-7-6-12-31(21(18)29-23)14-17-8-10-25-11-9-17/h8-11,15H,5-7,12-14H2,1-4H3,(H2,26,27,28,29,30). The third kappa shape index (κ3) is 5.61. The van der Waals surface area contributed by atoms with Gasteiger partial charge in [0.05, 0.1) is 12.3 Å². The van der Waals surface area contributed by atoms with Crippen LogP contribution in [0.1, 0.15) is 53.7 Å². The highest BCUT2D eigenvalue weighted by Gasteiger charge is 2.25. The van der Waals surface area contributed by atoms with Crippen LogP contribution in [0.25, 0.3) is 0 Å². The highest BCUT2D eigenvalue weighted by atomic mass is 32.1. The Morgan fingerprint density at radius 2 is 2.03 bits per heavy atom. The molecule has 2 N–H and O–H groups in total. The molecule has 0 aromatic carbocycles. The topological polar surface area (TPSA) is 105 Å². The summed E-state index contributed by atoms with van der Waals surface area (Å²) >= 11 is 1.25. The second-order valence-electron chi connectivity index (χ2n) is 8.63. The Bertz CT molecular complexity index is 1130. The lowest BCUT2D eigenvalue weighted by Gasteiger charge is -2.31. The van der Waals surface area contributed by atoms with Crippen LogP contribution < -0.4 is 15.5 Å². The average molecular weight is 482 g/mol. The largest absolute Gasteiger partial charge is 0.462 e. The molecule has 180 valence electrons. The van der Waals surface area contributed by atoms with Crippen molar-refractivity contribution in [2.24, 2.45) is 5.92 Å². The predicted molar refractivity (Wildman–Crippen MR) is 135 cm³/mol. The zero-order valence-electron chi connectivity index (χ0n) is 20.1. The molecule has 3 aromatic rings. The Balaban J connectivity index is 1.66. The molecule has 0 saturated heterocycles. The first-order chi connectivity index (χ1) is 16.4. The van der Waals surface area contributed by atoms with Gasteiger partial charge in [-0.3, -0.25) is 10.3 Å². The molecule has 10 heteroatoms. The molecule has 4 rings (SSSR count). The van der Waals surface area contributed by atoms with Crippen molar-refractivity contribution >= 4 is 40.0 Å². The second-order valence-corrected chi connectivity index (χ2v) is 9.63. The van der Waals surface area contributed by atoms with Crippen LogP contribution in [-0.4, -0.2) is 45.6 Å². The van der Waals surface area contributed by atoms with E-state index in [2.05, 4.69) is 39.3 Å². The minimum atomic E-state index is -0.361. The molecule has 34 heavy (non-hydrogen) atoms. The van der Waals surface area contributed by atoms with E-state index < -0.39 is 0 Å². The summed E-state index contributed by atoms with van der Waals surface area (Å²) < 4.78 is 5.14. The van der Waals surface area contributed by atoms with Gasteiger partial charge in [-0.15, -0.1) is 0 Å². The van der Waals surface area contributed by atoms with Gasteiger partial charge in [0, 0.05) is 37.6 Å². The van der Waals surface area contributed by atoms with E-state index in [-0.39, 0.29) is 5.97 Å². The number of thiazole rings is 1. The molecule has 1 aliphatic heterocycles. The van der Waals surface area contributed by atoms with Gasteiger partial charge in [-0.25, -0.2) is 9.78 Å². The van der Waals surface area contributed by atoms with Crippen molar-refractivity contribution in [2.45, 2.75) is 47.1 Å². The smallest absolute Gasteiger partial charge is 0.350 e. The lowest BCUT2D eigenvalue weighted by molar-refractivity contribution is 0.0531. The molecule has 0 radical (unpaired) electrons. The van der Waals surface area contributed by atoms with E-state index in [4.69, 9.17) is 14.7 Å². The van der Waals surface area contributed by atoms with E-state index in [9.17, 15) is 4.79 Å². The monoisotopic (exact) mass is 481 g/mol. The minimum Gasteiger partial charge on any atom is -0.462 e. The molecule has 0 bridgehead atoms. The van der Waals surface area contributed by atoms with Crippen LogP contribution in [0.2, 0.25) is 0 Å². The van der Waals surface area contributed by atoms with Crippen LogP contribution >= 0.6 is 11.3 Å². The number of aromatic nitrogens is 4. The number of carbonyl (C=O) groups is 1. The fourth-order valence-corrected chi connectivity index (χ4v) is 4.67. The van der Waals surface area contributed by atoms with Gasteiger partial charge in [-0.05, 0) is 50.3 Å². The molecule has 9 nitrogen and oxygen atoms in total. The summed E-state index contributed by atoms with van der Waals surface area (Å²) in [5, 5.41) is 7.30. The maximum atomic E-state index is 12.2. The first-order valence-corrected chi connectivity index (χ1v) is 12.5. The van der Waals surface area contributed by atoms with Gasteiger partial charge in [-0.2, -0.15) is 9.97 Å². The number of nitrogens with one attached hydrogen (secondary N) is 2. The predicted octanol–water partition coefficient (Wildman–Crippen LogP) is 4.58. The zero-order valence-corrected chi connectivity index (χ0v) is 20.9. The van der Waals surface area contributed by atoms with Crippen molar-refractivity contribution < 1.29 is 9.53 Å². The number of fused-ring (bicyclic) bond motifs is 1. The fraction of sp³-hybridized carbons (Fsp3) is 0.458. The second kappa shape index (κ2) is 10.8. The average Bonchev–Trinajstić information content (AvgIpc) is 3.18. The maximum absolute atomic E-state index is 12.2. The van der Waals surface area contributed by atoms with Crippen LogP contribution in [0.5, 0.6) is 0 Å². The highest BCUT2D eigenvalue weighted by molar-refractivity contribution is 7.17. The molecule has 0 atom stereocenters. The molecule has 0 aliphatic carbocycles. The number of hydrogen-bond acceptors (Lipinski definition) is 10. The van der Waals surface area contributed by atoms with Crippen molar-refractivity contribution in [2.75, 3.05) is 35.2 Å². The molecule has 0 spiro atoms. The van der Waals surface area contributed by atoms with Crippen molar-refractivity contribution in [1.29, 1.82) is 0 Å². The molecular formula is C24H31N7O2S. The lowest BCUT2D eigenvalue weighted by atomic mass is 10.0. The molecule has 4 heterocycles. The first-order valence-electron chi connectivity index (χ1n) is 11.6. The van der Waals surface area contributed by atoms with Crippen molar-refractivity contribution in [3.8, 4) is 0 Å². The van der Waals surface area contributed by atoms with Crippen LogP contribution in [0, 0.1) is 12.8 Å². The van der Waals surface area contributed by atoms with E-state index in [1.165, 1.54) is 16.9 Å². The third-order valence-corrected chi connectivity index (χ3v) is 6.47. The molecule has 0 saturated carbocycles. The van der Waals surface area contributed by atoms with Gasteiger partial charge < -0.3 is 15.0 Å². The fourth-order valence-electron chi connectivity index (χ4n) is 3.81. The molecule has 0 amide bonds. The summed E-state index contributed by atoms with van der Waals surface area (Å²) in [5.74, 6) is 2.34. The number of hydrogen-bond donors (Lipinski definition) is 2. The van der Waals surface area contributed by atoms with E-state index in [1.54, 1.807) is 13.8 Å². The van der Waals surface area contributed by atoms with Crippen LogP contribution in [-0.2, 0) is 17.7 Å². The maximum Gasteiger partial charge on any atom is 0.350 e. The SMILES string of the molecule is CCOC(=O)c1sc(Nc2nc(NCC(C)C)c3c(n2)N(Cc2ccncc2)CCC3)nc1C. The summed E-state index contributed by atoms with van der Waals surface area (Å²) in [6.07, 6.45) is 5.59. The molecule has 0 fully saturated rings. The lowest BCUT2D eigenvalue weighted by Crippen LogP contribution is -2.31. The van der Waals surface area contributed by atoms with Crippen LogP contribution in [0.4, 0.5) is 22.7 Å². The number of carbonyl (C=O) groups excluding carboxylic acids is 1. The number of aryl methyl sites for hydroxylation is 1. The van der Waals surface area contributed by atoms with E-state index in [1.807, 2.05) is 24.5 Å². The zero-order chi connectivity index (χ0) is 24.1. The minimum absolute atomic E-state index is 0.324. The Kier molecular flexibility index (Phi) is 7.56. The number of esters is 1. The third-order valence-electron chi connectivity index (χ3n) is 5.42. The number of pyridine rings is 1. The number of ether oxygens (including phenoxy) is 1. The van der Waals surface area contributed by atoms with Crippen LogP contribution in [0.15, 0.2) is 24.5 Å². The van der Waals surface area contributed by atoms with Gasteiger partial charge in [0.25, 0.3) is 0 Å². The quantitative estimate of drug-likeness (QED) is 0.425. The molecule has 3 aromatic heterocycles. The normalized spacial score (nSPS) is 13.0. The Hall–Kier alpha value is -3.27. The number of anilines is 4. The van der Waals surface area contributed by atoms with E-state index in [0.717, 1.165) is 49.7 Å². The summed E-state index contributed by atoms with van der Waals surface area (Å²) in [7, 11) is 0. The van der Waals surface area contributed by atoms with Gasteiger partial charge >= 0.3 is 5.97 Å². The molecule has 0 unspecified atom stereocenters.